The molecule has 88 valence electrons. The lowest BCUT2D eigenvalue weighted by molar-refractivity contribution is -0.385. The standard InChI is InChI=1S/C10H13NO5/c1-7(12)6-16-10-5-8(11(13)14)3-4-9(10)15-2/h3-5,7,12H,6H2,1-2H3. The molecule has 0 aliphatic heterocycles. The lowest BCUT2D eigenvalue weighted by atomic mass is 10.3. The van der Waals surface area contributed by atoms with Crippen LogP contribution in [0.4, 0.5) is 5.69 Å². The van der Waals surface area contributed by atoms with Gasteiger partial charge in [0.25, 0.3) is 5.69 Å². The molecule has 1 atom stereocenters. The van der Waals surface area contributed by atoms with Gasteiger partial charge in [-0.15, -0.1) is 0 Å². The molecule has 0 fully saturated rings. The lowest BCUT2D eigenvalue weighted by Gasteiger charge is -2.11. The second-order valence-electron chi connectivity index (χ2n) is 3.25. The molecule has 0 saturated heterocycles. The number of nitro benzene ring substituents is 1. The molecule has 16 heavy (non-hydrogen) atoms. The van der Waals surface area contributed by atoms with Crippen molar-refractivity contribution < 1.29 is 19.5 Å². The number of hydrogen-bond acceptors (Lipinski definition) is 5. The zero-order chi connectivity index (χ0) is 12.1. The van der Waals surface area contributed by atoms with Gasteiger partial charge in [-0.3, -0.25) is 10.1 Å². The number of ether oxygens (including phenoxy) is 2. The number of non-ortho nitro benzene ring substituents is 1. The number of aliphatic hydroxyl groups is 1. The second-order valence-corrected chi connectivity index (χ2v) is 3.25. The van der Waals surface area contributed by atoms with E-state index < -0.39 is 11.0 Å². The van der Waals surface area contributed by atoms with E-state index in [-0.39, 0.29) is 18.0 Å². The third kappa shape index (κ3) is 3.09. The van der Waals surface area contributed by atoms with E-state index in [2.05, 4.69) is 0 Å². The van der Waals surface area contributed by atoms with E-state index in [1.165, 1.54) is 25.3 Å². The van der Waals surface area contributed by atoms with E-state index in [1.54, 1.807) is 6.92 Å². The molecule has 0 aliphatic carbocycles. The maximum absolute atomic E-state index is 10.6. The highest BCUT2D eigenvalue weighted by Gasteiger charge is 2.12. The van der Waals surface area contributed by atoms with Crippen LogP contribution in [0.1, 0.15) is 6.92 Å². The number of rotatable bonds is 5. The van der Waals surface area contributed by atoms with E-state index in [9.17, 15) is 10.1 Å². The quantitative estimate of drug-likeness (QED) is 0.606. The summed E-state index contributed by atoms with van der Waals surface area (Å²) in [6.07, 6.45) is -0.649. The number of aliphatic hydroxyl groups excluding tert-OH is 1. The van der Waals surface area contributed by atoms with Crippen molar-refractivity contribution in [2.75, 3.05) is 13.7 Å². The Hall–Kier alpha value is -1.82. The van der Waals surface area contributed by atoms with Crippen LogP contribution in [-0.2, 0) is 0 Å². The minimum atomic E-state index is -0.649. The molecule has 1 aromatic rings. The first kappa shape index (κ1) is 12.3. The fourth-order valence-corrected chi connectivity index (χ4v) is 1.10. The first-order valence-corrected chi connectivity index (χ1v) is 4.68. The predicted octanol–water partition coefficient (Wildman–Crippen LogP) is 1.36. The van der Waals surface area contributed by atoms with Crippen molar-refractivity contribution in [2.24, 2.45) is 0 Å². The number of benzene rings is 1. The summed E-state index contributed by atoms with van der Waals surface area (Å²) < 4.78 is 10.2. The van der Waals surface area contributed by atoms with Crippen LogP contribution in [-0.4, -0.2) is 29.9 Å². The molecule has 0 aromatic heterocycles. The first-order chi connectivity index (χ1) is 7.54. The van der Waals surface area contributed by atoms with Crippen molar-refractivity contribution in [3.63, 3.8) is 0 Å². The SMILES string of the molecule is COc1ccc([N+](=O)[O-])cc1OCC(C)O. The molecule has 1 rings (SSSR count). The molecule has 6 heteroatoms. The van der Waals surface area contributed by atoms with Crippen LogP contribution < -0.4 is 9.47 Å². The molecule has 0 amide bonds. The van der Waals surface area contributed by atoms with Crippen molar-refractivity contribution in [3.8, 4) is 11.5 Å². The highest BCUT2D eigenvalue weighted by molar-refractivity contribution is 5.48. The Morgan fingerprint density at radius 2 is 2.19 bits per heavy atom. The number of hydrogen-bond donors (Lipinski definition) is 1. The molecular formula is C10H13NO5. The van der Waals surface area contributed by atoms with E-state index in [4.69, 9.17) is 14.6 Å². The van der Waals surface area contributed by atoms with Crippen LogP contribution in [0.5, 0.6) is 11.5 Å². The van der Waals surface area contributed by atoms with E-state index in [1.807, 2.05) is 0 Å². The van der Waals surface area contributed by atoms with E-state index in [0.29, 0.717) is 5.75 Å². The van der Waals surface area contributed by atoms with Crippen molar-refractivity contribution in [2.45, 2.75) is 13.0 Å². The summed E-state index contributed by atoms with van der Waals surface area (Å²) in [7, 11) is 1.44. The molecule has 0 spiro atoms. The second kappa shape index (κ2) is 5.32. The summed E-state index contributed by atoms with van der Waals surface area (Å²) >= 11 is 0. The van der Waals surface area contributed by atoms with Gasteiger partial charge in [0.2, 0.25) is 0 Å². The number of nitro groups is 1. The van der Waals surface area contributed by atoms with Gasteiger partial charge in [0, 0.05) is 6.07 Å². The monoisotopic (exact) mass is 227 g/mol. The normalized spacial score (nSPS) is 11.9. The number of nitrogens with zero attached hydrogens (tertiary/aromatic N) is 1. The Morgan fingerprint density at radius 1 is 1.50 bits per heavy atom. The van der Waals surface area contributed by atoms with Gasteiger partial charge in [0.1, 0.15) is 6.61 Å². The predicted molar refractivity (Wildman–Crippen MR) is 56.8 cm³/mol. The summed E-state index contributed by atoms with van der Waals surface area (Å²) in [5.74, 6) is 0.642. The smallest absolute Gasteiger partial charge is 0.273 e. The summed E-state index contributed by atoms with van der Waals surface area (Å²) in [6, 6.07) is 4.05. The largest absolute Gasteiger partial charge is 0.493 e. The molecule has 0 aliphatic rings. The van der Waals surface area contributed by atoms with Crippen LogP contribution >= 0.6 is 0 Å². The van der Waals surface area contributed by atoms with Crippen LogP contribution in [0.2, 0.25) is 0 Å². The highest BCUT2D eigenvalue weighted by Crippen LogP contribution is 2.31. The molecule has 6 nitrogen and oxygen atoms in total. The van der Waals surface area contributed by atoms with Gasteiger partial charge in [-0.05, 0) is 13.0 Å². The maximum atomic E-state index is 10.6. The van der Waals surface area contributed by atoms with E-state index in [0.717, 1.165) is 0 Å². The van der Waals surface area contributed by atoms with Crippen LogP contribution in [0.3, 0.4) is 0 Å². The van der Waals surface area contributed by atoms with Crippen LogP contribution in [0.15, 0.2) is 18.2 Å². The fourth-order valence-electron chi connectivity index (χ4n) is 1.10. The van der Waals surface area contributed by atoms with Gasteiger partial charge in [-0.1, -0.05) is 0 Å². The van der Waals surface area contributed by atoms with Gasteiger partial charge < -0.3 is 14.6 Å². The average molecular weight is 227 g/mol. The Balaban J connectivity index is 2.93. The third-order valence-corrected chi connectivity index (χ3v) is 1.84. The zero-order valence-corrected chi connectivity index (χ0v) is 9.04. The van der Waals surface area contributed by atoms with Gasteiger partial charge in [0.15, 0.2) is 11.5 Å². The molecule has 1 unspecified atom stereocenters. The van der Waals surface area contributed by atoms with Crippen molar-refractivity contribution in [1.29, 1.82) is 0 Å². The van der Waals surface area contributed by atoms with Gasteiger partial charge in [0.05, 0.1) is 24.2 Å². The van der Waals surface area contributed by atoms with E-state index >= 15 is 0 Å². The maximum Gasteiger partial charge on any atom is 0.273 e. The molecule has 0 heterocycles. The summed E-state index contributed by atoms with van der Waals surface area (Å²) in [5.41, 5.74) is -0.0820. The highest BCUT2D eigenvalue weighted by atomic mass is 16.6. The molecule has 0 bridgehead atoms. The first-order valence-electron chi connectivity index (χ1n) is 4.68. The Labute approximate surface area is 92.6 Å². The number of methoxy groups -OCH3 is 1. The Morgan fingerprint density at radius 3 is 2.69 bits per heavy atom. The average Bonchev–Trinajstić information content (AvgIpc) is 2.25. The molecule has 0 saturated carbocycles. The Bertz CT molecular complexity index is 377. The summed E-state index contributed by atoms with van der Waals surface area (Å²) in [6.45, 7) is 1.61. The van der Waals surface area contributed by atoms with Crippen molar-refractivity contribution >= 4 is 5.69 Å². The summed E-state index contributed by atoms with van der Waals surface area (Å²) in [4.78, 5) is 10.0. The molecule has 1 N–H and O–H groups in total. The Kier molecular flexibility index (Phi) is 4.07. The molecule has 0 radical (unpaired) electrons. The van der Waals surface area contributed by atoms with Gasteiger partial charge in [-0.2, -0.15) is 0 Å². The van der Waals surface area contributed by atoms with Crippen LogP contribution in [0.25, 0.3) is 0 Å². The third-order valence-electron chi connectivity index (χ3n) is 1.84. The topological polar surface area (TPSA) is 81.8 Å². The minimum Gasteiger partial charge on any atom is -0.493 e. The lowest BCUT2D eigenvalue weighted by Crippen LogP contribution is -2.13. The van der Waals surface area contributed by atoms with Gasteiger partial charge >= 0.3 is 0 Å². The fraction of sp³-hybridized carbons (Fsp3) is 0.400. The molecule has 1 aromatic carbocycles. The van der Waals surface area contributed by atoms with Crippen LogP contribution in [0, 0.1) is 10.1 Å². The van der Waals surface area contributed by atoms with Crippen molar-refractivity contribution in [3.05, 3.63) is 28.3 Å². The van der Waals surface area contributed by atoms with Crippen molar-refractivity contribution in [1.82, 2.24) is 0 Å². The van der Waals surface area contributed by atoms with Gasteiger partial charge in [-0.25, -0.2) is 0 Å². The zero-order valence-electron chi connectivity index (χ0n) is 9.04. The molecular weight excluding hydrogens is 214 g/mol. The minimum absolute atomic E-state index is 0.0531. The summed E-state index contributed by atoms with van der Waals surface area (Å²) in [5, 5.41) is 19.6.